The van der Waals surface area contributed by atoms with Crippen LogP contribution in [-0.4, -0.2) is 54.2 Å². The third-order valence-corrected chi connectivity index (χ3v) is 3.69. The van der Waals surface area contributed by atoms with Crippen molar-refractivity contribution >= 4 is 12.1 Å². The molecule has 0 aliphatic rings. The highest BCUT2D eigenvalue weighted by Crippen LogP contribution is 2.12. The zero-order valence-corrected chi connectivity index (χ0v) is 17.4. The summed E-state index contributed by atoms with van der Waals surface area (Å²) in [5.74, 6) is 0.791. The molecule has 1 aromatic rings. The Labute approximate surface area is 163 Å². The number of aliphatic imine (C=N–C) groups is 1. The molecule has 0 saturated heterocycles. The number of aromatic nitrogens is 1. The lowest BCUT2D eigenvalue weighted by Gasteiger charge is -2.27. The number of guanidine groups is 1. The molecule has 7 nitrogen and oxygen atoms in total. The number of nitrogens with one attached hydrogen (secondary N) is 2. The van der Waals surface area contributed by atoms with Crippen molar-refractivity contribution in [1.82, 2.24) is 20.5 Å². The van der Waals surface area contributed by atoms with Crippen LogP contribution in [0.4, 0.5) is 4.79 Å². The highest BCUT2D eigenvalue weighted by Gasteiger charge is 2.22. The Morgan fingerprint density at radius 2 is 1.96 bits per heavy atom. The van der Waals surface area contributed by atoms with E-state index < -0.39 is 5.60 Å². The van der Waals surface area contributed by atoms with Crippen molar-refractivity contribution in [2.75, 3.05) is 26.7 Å². The molecule has 0 aliphatic heterocycles. The van der Waals surface area contributed by atoms with Crippen LogP contribution in [0.2, 0.25) is 0 Å². The molecule has 152 valence electrons. The molecule has 0 unspecified atom stereocenters. The van der Waals surface area contributed by atoms with E-state index in [0.717, 1.165) is 43.9 Å². The predicted octanol–water partition coefficient (Wildman–Crippen LogP) is 3.17. The number of rotatable bonds is 9. The van der Waals surface area contributed by atoms with Crippen LogP contribution in [0.1, 0.15) is 52.5 Å². The van der Waals surface area contributed by atoms with Gasteiger partial charge in [-0.15, -0.1) is 0 Å². The zero-order valence-electron chi connectivity index (χ0n) is 17.4. The molecular weight excluding hydrogens is 342 g/mol. The summed E-state index contributed by atoms with van der Waals surface area (Å²) in [5.41, 5.74) is 0.460. The van der Waals surface area contributed by atoms with E-state index >= 15 is 0 Å². The van der Waals surface area contributed by atoms with Crippen LogP contribution < -0.4 is 10.6 Å². The number of pyridine rings is 1. The Balaban J connectivity index is 2.54. The van der Waals surface area contributed by atoms with Gasteiger partial charge in [0.2, 0.25) is 0 Å². The van der Waals surface area contributed by atoms with Gasteiger partial charge in [-0.3, -0.25) is 9.98 Å². The van der Waals surface area contributed by atoms with Crippen molar-refractivity contribution in [1.29, 1.82) is 0 Å². The van der Waals surface area contributed by atoms with E-state index in [1.807, 2.05) is 32.9 Å². The molecule has 1 aromatic heterocycles. The van der Waals surface area contributed by atoms with Crippen LogP contribution in [0.15, 0.2) is 29.5 Å². The number of ether oxygens (including phenoxy) is 1. The molecule has 1 rings (SSSR count). The summed E-state index contributed by atoms with van der Waals surface area (Å²) >= 11 is 0. The summed E-state index contributed by atoms with van der Waals surface area (Å²) in [7, 11) is 1.76. The molecule has 0 saturated carbocycles. The quantitative estimate of drug-likeness (QED) is 0.393. The smallest absolute Gasteiger partial charge is 0.410 e. The van der Waals surface area contributed by atoms with Gasteiger partial charge in [-0.1, -0.05) is 19.4 Å². The molecule has 0 aromatic carbocycles. The lowest BCUT2D eigenvalue weighted by molar-refractivity contribution is 0.0232. The Morgan fingerprint density at radius 3 is 2.52 bits per heavy atom. The van der Waals surface area contributed by atoms with Gasteiger partial charge < -0.3 is 20.3 Å². The van der Waals surface area contributed by atoms with Crippen LogP contribution >= 0.6 is 0 Å². The number of amides is 1. The Bertz CT molecular complexity index is 569. The van der Waals surface area contributed by atoms with E-state index in [1.54, 1.807) is 24.3 Å². The van der Waals surface area contributed by atoms with Crippen LogP contribution in [0, 0.1) is 0 Å². The van der Waals surface area contributed by atoms with Crippen molar-refractivity contribution in [3.8, 4) is 0 Å². The summed E-state index contributed by atoms with van der Waals surface area (Å²) in [6, 6.07) is 3.83. The maximum atomic E-state index is 12.5. The third-order valence-electron chi connectivity index (χ3n) is 3.69. The van der Waals surface area contributed by atoms with Gasteiger partial charge in [-0.25, -0.2) is 4.79 Å². The molecule has 2 N–H and O–H groups in total. The zero-order chi connectivity index (χ0) is 20.1. The van der Waals surface area contributed by atoms with E-state index in [-0.39, 0.29) is 6.09 Å². The normalized spacial score (nSPS) is 11.8. The van der Waals surface area contributed by atoms with E-state index in [0.29, 0.717) is 13.1 Å². The molecule has 0 spiro atoms. The lowest BCUT2D eigenvalue weighted by atomic mass is 10.2. The first kappa shape index (κ1) is 22.7. The topological polar surface area (TPSA) is 78.9 Å². The predicted molar refractivity (Wildman–Crippen MR) is 110 cm³/mol. The molecule has 0 radical (unpaired) electrons. The van der Waals surface area contributed by atoms with Crippen LogP contribution in [-0.2, 0) is 11.3 Å². The highest BCUT2D eigenvalue weighted by atomic mass is 16.6. The first-order valence-electron chi connectivity index (χ1n) is 9.67. The molecular formula is C20H35N5O2. The van der Waals surface area contributed by atoms with E-state index in [1.165, 1.54) is 0 Å². The fourth-order valence-corrected chi connectivity index (χ4v) is 2.35. The van der Waals surface area contributed by atoms with Crippen molar-refractivity contribution in [2.45, 2.75) is 59.1 Å². The number of unbranched alkanes of at least 4 members (excludes halogenated alkanes) is 1. The van der Waals surface area contributed by atoms with E-state index in [4.69, 9.17) is 4.74 Å². The summed E-state index contributed by atoms with van der Waals surface area (Å²) in [6.07, 6.45) is 6.23. The van der Waals surface area contributed by atoms with Gasteiger partial charge in [0.15, 0.2) is 5.96 Å². The third kappa shape index (κ3) is 10.4. The van der Waals surface area contributed by atoms with Crippen LogP contribution in [0.25, 0.3) is 0 Å². The maximum Gasteiger partial charge on any atom is 0.410 e. The molecule has 0 fully saturated rings. The molecule has 7 heteroatoms. The fourth-order valence-electron chi connectivity index (χ4n) is 2.35. The second-order valence-corrected chi connectivity index (χ2v) is 7.40. The summed E-state index contributed by atoms with van der Waals surface area (Å²) in [6.45, 7) is 10.5. The number of hydrogen-bond acceptors (Lipinski definition) is 4. The highest BCUT2D eigenvalue weighted by molar-refractivity contribution is 5.79. The molecule has 0 bridgehead atoms. The first-order chi connectivity index (χ1) is 12.9. The minimum absolute atomic E-state index is 0.309. The second-order valence-electron chi connectivity index (χ2n) is 7.40. The Kier molecular flexibility index (Phi) is 10.2. The van der Waals surface area contributed by atoms with Gasteiger partial charge in [-0.2, -0.15) is 0 Å². The van der Waals surface area contributed by atoms with Crippen molar-refractivity contribution in [3.05, 3.63) is 30.1 Å². The van der Waals surface area contributed by atoms with Gasteiger partial charge in [-0.05, 0) is 45.2 Å². The lowest BCUT2D eigenvalue weighted by Crippen LogP contribution is -2.40. The molecule has 1 amide bonds. The van der Waals surface area contributed by atoms with E-state index in [2.05, 4.69) is 27.5 Å². The minimum atomic E-state index is -0.520. The molecule has 0 aliphatic carbocycles. The van der Waals surface area contributed by atoms with Gasteiger partial charge in [0.1, 0.15) is 5.60 Å². The summed E-state index contributed by atoms with van der Waals surface area (Å²) in [4.78, 5) is 22.6. The fraction of sp³-hybridized carbons (Fsp3) is 0.650. The maximum absolute atomic E-state index is 12.5. The average molecular weight is 378 g/mol. The molecule has 0 atom stereocenters. The monoisotopic (exact) mass is 377 g/mol. The number of carbonyl (C=O) groups excluding carboxylic acids is 1. The number of hydrogen-bond donors (Lipinski definition) is 2. The number of carbonyl (C=O) groups is 1. The van der Waals surface area contributed by atoms with Gasteiger partial charge >= 0.3 is 6.09 Å². The van der Waals surface area contributed by atoms with Gasteiger partial charge in [0, 0.05) is 39.1 Å². The second kappa shape index (κ2) is 12.1. The summed E-state index contributed by atoms with van der Waals surface area (Å²) < 4.78 is 5.55. The SMILES string of the molecule is CCCCNC(=NC)NCCCN(Cc1cccnc1)C(=O)OC(C)(C)C. The standard InChI is InChI=1S/C20H35N5O2/c1-6-7-12-23-18(21-5)24-13-9-14-25(19(26)27-20(2,3)4)16-17-10-8-11-22-15-17/h8,10-11,15H,6-7,9,12-14,16H2,1-5H3,(H2,21,23,24). The Hall–Kier alpha value is -2.31. The molecule has 1 heterocycles. The van der Waals surface area contributed by atoms with Crippen LogP contribution in [0.3, 0.4) is 0 Å². The van der Waals surface area contributed by atoms with E-state index in [9.17, 15) is 4.79 Å². The Morgan fingerprint density at radius 1 is 1.26 bits per heavy atom. The van der Waals surface area contributed by atoms with Crippen LogP contribution in [0.5, 0.6) is 0 Å². The molecule has 27 heavy (non-hydrogen) atoms. The average Bonchev–Trinajstić information content (AvgIpc) is 2.62. The van der Waals surface area contributed by atoms with Gasteiger partial charge in [0.25, 0.3) is 0 Å². The van der Waals surface area contributed by atoms with Gasteiger partial charge in [0.05, 0.1) is 6.54 Å². The minimum Gasteiger partial charge on any atom is -0.444 e. The first-order valence-corrected chi connectivity index (χ1v) is 9.67. The van der Waals surface area contributed by atoms with Crippen molar-refractivity contribution < 1.29 is 9.53 Å². The number of nitrogens with zero attached hydrogens (tertiary/aromatic N) is 3. The summed E-state index contributed by atoms with van der Waals surface area (Å²) in [5, 5.41) is 6.56. The van der Waals surface area contributed by atoms with Crippen molar-refractivity contribution in [2.24, 2.45) is 4.99 Å². The van der Waals surface area contributed by atoms with Crippen molar-refractivity contribution in [3.63, 3.8) is 0 Å². The largest absolute Gasteiger partial charge is 0.444 e.